The van der Waals surface area contributed by atoms with Gasteiger partial charge in [0.05, 0.1) is 19.8 Å². The number of hydrogen-bond donors (Lipinski definition) is 2. The molecule has 0 atom stereocenters. The van der Waals surface area contributed by atoms with E-state index in [0.29, 0.717) is 19.8 Å². The minimum Gasteiger partial charge on any atom is -0.394 e. The van der Waals surface area contributed by atoms with Crippen molar-refractivity contribution in [3.05, 3.63) is 6.61 Å². The van der Waals surface area contributed by atoms with E-state index in [4.69, 9.17) is 19.7 Å². The van der Waals surface area contributed by atoms with Crippen LogP contribution in [0, 0.1) is 6.61 Å². The van der Waals surface area contributed by atoms with Crippen LogP contribution in [0.4, 0.5) is 0 Å². The fourth-order valence-electron chi connectivity index (χ4n) is 0.410. The Labute approximate surface area is 60.4 Å². The fraction of sp³-hybridized carbons (Fsp3) is 0.833. The Morgan fingerprint density at radius 3 is 2.50 bits per heavy atom. The third kappa shape index (κ3) is 7.71. The maximum absolute atomic E-state index is 8.26. The third-order valence-corrected chi connectivity index (χ3v) is 0.774. The van der Waals surface area contributed by atoms with Crippen molar-refractivity contribution >= 4 is 0 Å². The zero-order valence-electron chi connectivity index (χ0n) is 5.82. The van der Waals surface area contributed by atoms with Crippen LogP contribution >= 0.6 is 0 Å². The van der Waals surface area contributed by atoms with Gasteiger partial charge >= 0.3 is 0 Å². The van der Waals surface area contributed by atoms with Crippen LogP contribution < -0.4 is 0 Å². The van der Waals surface area contributed by atoms with Gasteiger partial charge in [0.2, 0.25) is 6.61 Å². The van der Waals surface area contributed by atoms with Gasteiger partial charge in [0.15, 0.2) is 0 Å². The van der Waals surface area contributed by atoms with E-state index in [2.05, 4.69) is 0 Å². The number of hydrogen-bond acceptors (Lipinski definition) is 4. The van der Waals surface area contributed by atoms with Gasteiger partial charge in [-0.15, -0.1) is 0 Å². The lowest BCUT2D eigenvalue weighted by Gasteiger charge is -1.96. The summed E-state index contributed by atoms with van der Waals surface area (Å²) in [5.74, 6) is 0. The second kappa shape index (κ2) is 8.71. The lowest BCUT2D eigenvalue weighted by atomic mass is 10.7. The summed E-state index contributed by atoms with van der Waals surface area (Å²) in [5, 5.41) is 16.5. The summed E-state index contributed by atoms with van der Waals surface area (Å²) in [6.45, 7) is 2.44. The van der Waals surface area contributed by atoms with Crippen molar-refractivity contribution in [3.8, 4) is 0 Å². The van der Waals surface area contributed by atoms with E-state index in [1.54, 1.807) is 0 Å². The molecule has 0 saturated heterocycles. The molecular formula is C6H13O4+. The molecular weight excluding hydrogens is 136 g/mol. The molecule has 10 heavy (non-hydrogen) atoms. The van der Waals surface area contributed by atoms with E-state index in [1.807, 2.05) is 0 Å². The van der Waals surface area contributed by atoms with Crippen LogP contribution in [-0.4, -0.2) is 43.2 Å². The molecule has 0 aromatic rings. The second-order valence-corrected chi connectivity index (χ2v) is 1.56. The van der Waals surface area contributed by atoms with Crippen LogP contribution in [0.1, 0.15) is 0 Å². The molecule has 0 spiro atoms. The molecule has 0 amide bonds. The smallest absolute Gasteiger partial charge is 0.254 e. The van der Waals surface area contributed by atoms with Gasteiger partial charge in [0.1, 0.15) is 6.61 Å². The maximum Gasteiger partial charge on any atom is 0.254 e. The molecule has 2 N–H and O–H groups in total. The summed E-state index contributed by atoms with van der Waals surface area (Å²) < 4.78 is 9.60. The van der Waals surface area contributed by atoms with Crippen molar-refractivity contribution in [1.29, 1.82) is 0 Å². The zero-order chi connectivity index (χ0) is 7.66. The van der Waals surface area contributed by atoms with E-state index in [-0.39, 0.29) is 13.2 Å². The van der Waals surface area contributed by atoms with E-state index in [0.717, 1.165) is 0 Å². The fourth-order valence-corrected chi connectivity index (χ4v) is 0.410. The first-order chi connectivity index (χ1) is 4.91. The van der Waals surface area contributed by atoms with E-state index in [9.17, 15) is 0 Å². The van der Waals surface area contributed by atoms with Crippen LogP contribution in [0.3, 0.4) is 0 Å². The number of aliphatic hydroxyl groups is 2. The molecule has 0 fully saturated rings. The average Bonchev–Trinajstić information content (AvgIpc) is 1.97. The molecule has 4 heteroatoms. The van der Waals surface area contributed by atoms with Crippen molar-refractivity contribution in [2.24, 2.45) is 0 Å². The summed E-state index contributed by atoms with van der Waals surface area (Å²) >= 11 is 0. The second-order valence-electron chi connectivity index (χ2n) is 1.56. The first-order valence-corrected chi connectivity index (χ1v) is 3.14. The van der Waals surface area contributed by atoms with Crippen LogP contribution in [0.5, 0.6) is 0 Å². The molecule has 0 radical (unpaired) electrons. The highest BCUT2D eigenvalue weighted by atomic mass is 16.5. The molecule has 0 aromatic heterocycles. The summed E-state index contributed by atoms with van der Waals surface area (Å²) in [6, 6.07) is 0. The molecule has 0 saturated carbocycles. The topological polar surface area (TPSA) is 58.9 Å². The van der Waals surface area contributed by atoms with E-state index < -0.39 is 0 Å². The zero-order valence-corrected chi connectivity index (χ0v) is 5.82. The van der Waals surface area contributed by atoms with E-state index in [1.165, 1.54) is 6.61 Å². The van der Waals surface area contributed by atoms with Crippen molar-refractivity contribution < 1.29 is 19.7 Å². The van der Waals surface area contributed by atoms with Gasteiger partial charge in [0.25, 0.3) is 6.61 Å². The highest BCUT2D eigenvalue weighted by molar-refractivity contribution is 4.43. The lowest BCUT2D eigenvalue weighted by Crippen LogP contribution is -2.06. The quantitative estimate of drug-likeness (QED) is 0.366. The Balaban J connectivity index is 2.65. The monoisotopic (exact) mass is 149 g/mol. The van der Waals surface area contributed by atoms with Gasteiger partial charge < -0.3 is 14.9 Å². The minimum absolute atomic E-state index is 0.0315. The largest absolute Gasteiger partial charge is 0.394 e. The standard InChI is InChI=1S/C6H13O4/c7-1-3-9-5-6-10-4-2-8/h3,7-8H,1-2,4-6H2/q+1. The summed E-state index contributed by atoms with van der Waals surface area (Å²) in [5.41, 5.74) is 0. The Hall–Kier alpha value is -0.290. The average molecular weight is 149 g/mol. The molecule has 0 unspecified atom stereocenters. The molecule has 0 aromatic carbocycles. The van der Waals surface area contributed by atoms with Gasteiger partial charge in [-0.05, 0) is 0 Å². The Morgan fingerprint density at radius 1 is 1.10 bits per heavy atom. The van der Waals surface area contributed by atoms with Gasteiger partial charge in [-0.3, -0.25) is 0 Å². The molecule has 4 nitrogen and oxygen atoms in total. The number of aliphatic hydroxyl groups excluding tert-OH is 2. The lowest BCUT2D eigenvalue weighted by molar-refractivity contribution is 0.0443. The Morgan fingerprint density at radius 2 is 1.90 bits per heavy atom. The normalized spacial score (nSPS) is 9.80. The predicted molar refractivity (Wildman–Crippen MR) is 35.2 cm³/mol. The highest BCUT2D eigenvalue weighted by Gasteiger charge is 1.94. The van der Waals surface area contributed by atoms with Crippen LogP contribution in [0.2, 0.25) is 0 Å². The maximum atomic E-state index is 8.26. The molecule has 0 heterocycles. The summed E-state index contributed by atoms with van der Waals surface area (Å²) in [6.07, 6.45) is 0. The molecule has 60 valence electrons. The van der Waals surface area contributed by atoms with Crippen molar-refractivity contribution in [2.75, 3.05) is 33.0 Å². The molecule has 0 bridgehead atoms. The van der Waals surface area contributed by atoms with Crippen LogP contribution in [-0.2, 0) is 9.47 Å². The van der Waals surface area contributed by atoms with Gasteiger partial charge in [-0.1, -0.05) is 0 Å². The van der Waals surface area contributed by atoms with E-state index >= 15 is 0 Å². The SMILES string of the molecule is OC[CH+]OCCOCCO. The summed E-state index contributed by atoms with van der Waals surface area (Å²) in [4.78, 5) is 0. The van der Waals surface area contributed by atoms with Crippen molar-refractivity contribution in [1.82, 2.24) is 0 Å². The van der Waals surface area contributed by atoms with Gasteiger partial charge in [0, 0.05) is 0 Å². The first-order valence-electron chi connectivity index (χ1n) is 3.14. The minimum atomic E-state index is -0.0833. The number of rotatable bonds is 7. The Bertz CT molecular complexity index is 49.7. The predicted octanol–water partition coefficient (Wildman–Crippen LogP) is -0.834. The van der Waals surface area contributed by atoms with Crippen molar-refractivity contribution in [3.63, 3.8) is 0 Å². The van der Waals surface area contributed by atoms with Gasteiger partial charge in [-0.2, -0.15) is 4.74 Å². The number of ether oxygens (including phenoxy) is 2. The van der Waals surface area contributed by atoms with Crippen LogP contribution in [0.15, 0.2) is 0 Å². The highest BCUT2D eigenvalue weighted by Crippen LogP contribution is 1.80. The van der Waals surface area contributed by atoms with Crippen LogP contribution in [0.25, 0.3) is 0 Å². The van der Waals surface area contributed by atoms with Gasteiger partial charge in [-0.25, -0.2) is 0 Å². The Kier molecular flexibility index (Phi) is 8.46. The molecule has 0 aliphatic rings. The molecule has 0 rings (SSSR count). The molecule has 0 aliphatic heterocycles. The first kappa shape index (κ1) is 9.71. The summed E-state index contributed by atoms with van der Waals surface area (Å²) in [7, 11) is 0. The third-order valence-electron chi connectivity index (χ3n) is 0.774. The molecule has 0 aliphatic carbocycles. The van der Waals surface area contributed by atoms with Crippen molar-refractivity contribution in [2.45, 2.75) is 0 Å².